The quantitative estimate of drug-likeness (QED) is 0.285. The van der Waals surface area contributed by atoms with Gasteiger partial charge in [0.25, 0.3) is 0 Å². The second-order valence-corrected chi connectivity index (χ2v) is 6.24. The minimum atomic E-state index is -0.770. The van der Waals surface area contributed by atoms with Gasteiger partial charge in [0.05, 0.1) is 5.57 Å². The molecule has 0 aromatic rings. The molecule has 1 heterocycles. The predicted molar refractivity (Wildman–Crippen MR) is 85.5 cm³/mol. The third kappa shape index (κ3) is 5.68. The second kappa shape index (κ2) is 7.21. The van der Waals surface area contributed by atoms with Crippen LogP contribution in [-0.2, 0) is 9.53 Å². The van der Waals surface area contributed by atoms with Crippen LogP contribution in [0.3, 0.4) is 0 Å². The van der Waals surface area contributed by atoms with E-state index in [1.165, 1.54) is 6.92 Å². The molecule has 0 aromatic heterocycles. The van der Waals surface area contributed by atoms with Gasteiger partial charge >= 0.3 is 6.09 Å². The zero-order valence-corrected chi connectivity index (χ0v) is 14.0. The Morgan fingerprint density at radius 2 is 1.57 bits per heavy atom. The molecule has 0 radical (unpaired) electrons. The molecule has 23 heavy (non-hydrogen) atoms. The fraction of sp³-hybridized carbons (Fsp3) is 0.643. The maximum Gasteiger partial charge on any atom is 0.410 e. The van der Waals surface area contributed by atoms with Gasteiger partial charge in [0.15, 0.2) is 5.96 Å². The van der Waals surface area contributed by atoms with Gasteiger partial charge in [-0.1, -0.05) is 0 Å². The van der Waals surface area contributed by atoms with E-state index in [4.69, 9.17) is 16.2 Å². The summed E-state index contributed by atoms with van der Waals surface area (Å²) in [4.78, 5) is 30.0. The first kappa shape index (κ1) is 18.6. The predicted octanol–water partition coefficient (Wildman–Crippen LogP) is 0.129. The number of ether oxygens (including phenoxy) is 1. The first-order valence-electron chi connectivity index (χ1n) is 7.28. The number of nitrogens with zero attached hydrogens (tertiary/aromatic N) is 3. The number of hydrogen-bond donors (Lipinski definition) is 3. The van der Waals surface area contributed by atoms with Crippen LogP contribution in [-0.4, -0.2) is 64.6 Å². The van der Waals surface area contributed by atoms with E-state index in [-0.39, 0.29) is 17.6 Å². The fourth-order valence-corrected chi connectivity index (χ4v) is 1.82. The summed E-state index contributed by atoms with van der Waals surface area (Å²) in [6.07, 6.45) is -0.375. The van der Waals surface area contributed by atoms with E-state index in [0.29, 0.717) is 26.2 Å². The summed E-state index contributed by atoms with van der Waals surface area (Å²) in [5.41, 5.74) is 10.2. The van der Waals surface area contributed by atoms with Crippen LogP contribution in [0.25, 0.3) is 0 Å². The topological polar surface area (TPSA) is 134 Å². The monoisotopic (exact) mass is 327 g/mol. The number of aliphatic hydroxyl groups excluding tert-OH is 1. The Morgan fingerprint density at radius 1 is 1.09 bits per heavy atom. The van der Waals surface area contributed by atoms with Crippen molar-refractivity contribution in [2.75, 3.05) is 26.2 Å². The van der Waals surface area contributed by atoms with Crippen molar-refractivity contribution in [2.45, 2.75) is 33.3 Å². The first-order valence-corrected chi connectivity index (χ1v) is 7.28. The first-order chi connectivity index (χ1) is 10.5. The Labute approximate surface area is 135 Å². The van der Waals surface area contributed by atoms with Crippen molar-refractivity contribution < 1.29 is 19.4 Å². The number of hydrogen-bond acceptors (Lipinski definition) is 5. The van der Waals surface area contributed by atoms with Crippen molar-refractivity contribution in [1.29, 1.82) is 0 Å². The highest BCUT2D eigenvalue weighted by atomic mass is 16.6. The zero-order valence-electron chi connectivity index (χ0n) is 14.0. The summed E-state index contributed by atoms with van der Waals surface area (Å²) in [5.74, 6) is -1.22. The maximum absolute atomic E-state index is 12.0. The summed E-state index contributed by atoms with van der Waals surface area (Å²) in [6.45, 7) is 8.50. The van der Waals surface area contributed by atoms with Gasteiger partial charge in [-0.05, 0) is 27.7 Å². The molecule has 0 aromatic carbocycles. The van der Waals surface area contributed by atoms with Crippen LogP contribution in [0.15, 0.2) is 16.4 Å². The average molecular weight is 327 g/mol. The van der Waals surface area contributed by atoms with Crippen molar-refractivity contribution >= 4 is 18.0 Å². The third-order valence-corrected chi connectivity index (χ3v) is 3.18. The standard InChI is InChI=1S/C14H25N5O4/c1-9(10(15)20)11(21)17-12(16)18-5-7-19(8-6-18)13(22)23-14(2,3)4/h21H,5-8H2,1-4H3,(H2,15,20)(H2,16,17)/b11-9-. The van der Waals surface area contributed by atoms with E-state index in [1.807, 2.05) is 20.8 Å². The van der Waals surface area contributed by atoms with Gasteiger partial charge in [0.1, 0.15) is 5.60 Å². The highest BCUT2D eigenvalue weighted by Crippen LogP contribution is 2.12. The van der Waals surface area contributed by atoms with Crippen LogP contribution in [0.2, 0.25) is 0 Å². The number of rotatable bonds is 2. The second-order valence-electron chi connectivity index (χ2n) is 6.24. The largest absolute Gasteiger partial charge is 0.493 e. The highest BCUT2D eigenvalue weighted by molar-refractivity contribution is 5.92. The number of carbonyl (C=O) groups is 2. The summed E-state index contributed by atoms with van der Waals surface area (Å²) < 4.78 is 5.30. The molecule has 1 aliphatic heterocycles. The minimum absolute atomic E-state index is 0.0620. The molecule has 0 bridgehead atoms. The van der Waals surface area contributed by atoms with Crippen molar-refractivity contribution in [1.82, 2.24) is 9.80 Å². The van der Waals surface area contributed by atoms with E-state index in [0.717, 1.165) is 0 Å². The van der Waals surface area contributed by atoms with Crippen molar-refractivity contribution in [3.05, 3.63) is 11.5 Å². The molecule has 9 nitrogen and oxygen atoms in total. The lowest BCUT2D eigenvalue weighted by molar-refractivity contribution is -0.114. The number of aliphatic hydroxyl groups is 1. The Morgan fingerprint density at radius 3 is 2.00 bits per heavy atom. The molecule has 1 rings (SSSR count). The van der Waals surface area contributed by atoms with Gasteiger partial charge in [-0.25, -0.2) is 4.79 Å². The molecular formula is C14H25N5O4. The van der Waals surface area contributed by atoms with Gasteiger partial charge in [0.2, 0.25) is 11.8 Å². The Balaban J connectivity index is 2.64. The average Bonchev–Trinajstić information content (AvgIpc) is 2.44. The number of primary amides is 1. The summed E-state index contributed by atoms with van der Waals surface area (Å²) in [5, 5.41) is 9.66. The Kier molecular flexibility index (Phi) is 5.83. The maximum atomic E-state index is 12.0. The van der Waals surface area contributed by atoms with Gasteiger partial charge in [-0.15, -0.1) is 0 Å². The van der Waals surface area contributed by atoms with E-state index in [9.17, 15) is 14.7 Å². The Bertz CT molecular complexity index is 528. The molecule has 5 N–H and O–H groups in total. The van der Waals surface area contributed by atoms with Gasteiger partial charge in [-0.2, -0.15) is 4.99 Å². The van der Waals surface area contributed by atoms with Gasteiger partial charge < -0.3 is 31.1 Å². The normalized spacial score (nSPS) is 17.7. The molecule has 130 valence electrons. The molecule has 1 fully saturated rings. The number of nitrogens with two attached hydrogens (primary N) is 2. The van der Waals surface area contributed by atoms with Crippen LogP contribution in [0, 0.1) is 0 Å². The van der Waals surface area contributed by atoms with Crippen molar-refractivity contribution in [2.24, 2.45) is 16.5 Å². The van der Waals surface area contributed by atoms with Crippen LogP contribution < -0.4 is 11.5 Å². The number of aliphatic imine (C=N–C) groups is 1. The molecule has 0 atom stereocenters. The number of guanidine groups is 1. The lowest BCUT2D eigenvalue weighted by Crippen LogP contribution is -2.53. The lowest BCUT2D eigenvalue weighted by atomic mass is 10.2. The van der Waals surface area contributed by atoms with Crippen LogP contribution in [0.4, 0.5) is 4.79 Å². The molecule has 1 aliphatic rings. The van der Waals surface area contributed by atoms with Gasteiger partial charge in [0, 0.05) is 26.2 Å². The van der Waals surface area contributed by atoms with E-state index >= 15 is 0 Å². The van der Waals surface area contributed by atoms with E-state index < -0.39 is 17.4 Å². The fourth-order valence-electron chi connectivity index (χ4n) is 1.82. The molecule has 1 saturated heterocycles. The highest BCUT2D eigenvalue weighted by Gasteiger charge is 2.26. The number of amides is 2. The molecule has 0 unspecified atom stereocenters. The summed E-state index contributed by atoms with van der Waals surface area (Å²) in [6, 6.07) is 0. The van der Waals surface area contributed by atoms with Crippen LogP contribution in [0.5, 0.6) is 0 Å². The number of piperazine rings is 1. The number of carbonyl (C=O) groups excluding carboxylic acids is 2. The van der Waals surface area contributed by atoms with Gasteiger partial charge in [-0.3, -0.25) is 4.79 Å². The van der Waals surface area contributed by atoms with Crippen LogP contribution >= 0.6 is 0 Å². The summed E-state index contributed by atoms with van der Waals surface area (Å²) >= 11 is 0. The van der Waals surface area contributed by atoms with Crippen molar-refractivity contribution in [3.63, 3.8) is 0 Å². The zero-order chi connectivity index (χ0) is 17.8. The molecule has 0 spiro atoms. The smallest absolute Gasteiger partial charge is 0.410 e. The summed E-state index contributed by atoms with van der Waals surface area (Å²) in [7, 11) is 0. The Hall–Kier alpha value is -2.45. The molecule has 0 aliphatic carbocycles. The van der Waals surface area contributed by atoms with Crippen molar-refractivity contribution in [3.8, 4) is 0 Å². The SMILES string of the molecule is C/C(C(N)=O)=C(O)\N=C(/N)N1CCN(C(=O)OC(C)(C)C)CC1. The third-order valence-electron chi connectivity index (χ3n) is 3.18. The van der Waals surface area contributed by atoms with E-state index in [2.05, 4.69) is 4.99 Å². The minimum Gasteiger partial charge on any atom is -0.493 e. The van der Waals surface area contributed by atoms with Crippen LogP contribution in [0.1, 0.15) is 27.7 Å². The molecule has 9 heteroatoms. The molecular weight excluding hydrogens is 302 g/mol. The molecule has 2 amide bonds. The van der Waals surface area contributed by atoms with E-state index in [1.54, 1.807) is 9.80 Å². The lowest BCUT2D eigenvalue weighted by Gasteiger charge is -2.36. The molecule has 0 saturated carbocycles.